The van der Waals surface area contributed by atoms with Crippen molar-refractivity contribution in [2.45, 2.75) is 42.5 Å². The lowest BCUT2D eigenvalue weighted by Crippen LogP contribution is -2.41. The summed E-state index contributed by atoms with van der Waals surface area (Å²) < 4.78 is 78.2. The predicted octanol–water partition coefficient (Wildman–Crippen LogP) is 5.06. The zero-order valence-electron chi connectivity index (χ0n) is 19.2. The number of ether oxygens (including phenoxy) is 1. The van der Waals surface area contributed by atoms with E-state index in [4.69, 9.17) is 4.74 Å². The first kappa shape index (κ1) is 25.0. The molecule has 3 atom stereocenters. The minimum atomic E-state index is -3.86. The molecule has 3 heterocycles. The van der Waals surface area contributed by atoms with Crippen LogP contribution in [0, 0.1) is 11.7 Å². The summed E-state index contributed by atoms with van der Waals surface area (Å²) in [7, 11) is -3.86. The number of piperidine rings is 1. The van der Waals surface area contributed by atoms with Crippen LogP contribution < -0.4 is 9.46 Å². The van der Waals surface area contributed by atoms with Gasteiger partial charge in [-0.15, -0.1) is 0 Å². The Labute approximate surface area is 211 Å². The van der Waals surface area contributed by atoms with E-state index in [0.29, 0.717) is 44.7 Å². The summed E-state index contributed by atoms with van der Waals surface area (Å²) >= 11 is 0.938. The second kappa shape index (κ2) is 10.3. The van der Waals surface area contributed by atoms with E-state index in [-0.39, 0.29) is 27.8 Å². The Hall–Kier alpha value is -2.70. The highest BCUT2D eigenvalue weighted by atomic mass is 32.2. The number of nitrogens with one attached hydrogen (secondary N) is 1. The number of likely N-dealkylation sites (tertiary alicyclic amines) is 1. The van der Waals surface area contributed by atoms with Gasteiger partial charge in [0.05, 0.1) is 11.5 Å². The quantitative estimate of drug-likeness (QED) is 0.453. The van der Waals surface area contributed by atoms with Crippen LogP contribution in [0.3, 0.4) is 0 Å². The third-order valence-corrected chi connectivity index (χ3v) is 8.91. The normalized spacial score (nSPS) is 22.7. The van der Waals surface area contributed by atoms with Crippen LogP contribution in [0.2, 0.25) is 0 Å². The monoisotopic (exact) mass is 538 g/mol. The Bertz CT molecular complexity index is 1290. The number of rotatable bonds is 7. The Kier molecular flexibility index (Phi) is 7.18. The van der Waals surface area contributed by atoms with Gasteiger partial charge in [-0.2, -0.15) is 4.37 Å². The zero-order valence-corrected chi connectivity index (χ0v) is 20.8. The molecule has 1 N–H and O–H groups in total. The minimum Gasteiger partial charge on any atom is -0.493 e. The van der Waals surface area contributed by atoms with Crippen molar-refractivity contribution in [3.05, 3.63) is 65.7 Å². The maximum atomic E-state index is 13.6. The molecule has 0 unspecified atom stereocenters. The molecule has 0 aliphatic carbocycles. The van der Waals surface area contributed by atoms with Gasteiger partial charge >= 0.3 is 0 Å². The van der Waals surface area contributed by atoms with E-state index >= 15 is 0 Å². The third kappa shape index (κ3) is 5.35. The number of fused-ring (bicyclic) bond motifs is 1. The largest absolute Gasteiger partial charge is 0.493 e. The maximum Gasteiger partial charge on any atom is 0.263 e. The topological polar surface area (TPSA) is 84.4 Å². The van der Waals surface area contributed by atoms with Crippen molar-refractivity contribution in [1.82, 2.24) is 14.3 Å². The minimum absolute atomic E-state index is 0.0349. The molecule has 0 bridgehead atoms. The van der Waals surface area contributed by atoms with Crippen molar-refractivity contribution >= 4 is 26.7 Å². The van der Waals surface area contributed by atoms with Crippen molar-refractivity contribution in [3.63, 3.8) is 0 Å². The van der Waals surface area contributed by atoms with E-state index in [1.54, 1.807) is 18.2 Å². The molecule has 0 saturated carbocycles. The molecule has 2 aliphatic heterocycles. The number of alkyl halides is 2. The lowest BCUT2D eigenvalue weighted by atomic mass is 9.85. The highest BCUT2D eigenvalue weighted by molar-refractivity contribution is 7.93. The van der Waals surface area contributed by atoms with Gasteiger partial charge in [0.1, 0.15) is 17.9 Å². The molecule has 0 amide bonds. The Morgan fingerprint density at radius 1 is 1.17 bits per heavy atom. The summed E-state index contributed by atoms with van der Waals surface area (Å²) in [4.78, 5) is 6.10. The van der Waals surface area contributed by atoms with E-state index in [1.165, 1.54) is 30.6 Å². The predicted molar refractivity (Wildman–Crippen MR) is 129 cm³/mol. The van der Waals surface area contributed by atoms with Crippen molar-refractivity contribution in [1.29, 1.82) is 0 Å². The summed E-state index contributed by atoms with van der Waals surface area (Å²) in [5.41, 5.74) is 1.70. The van der Waals surface area contributed by atoms with Gasteiger partial charge in [0.2, 0.25) is 11.6 Å². The molecule has 1 fully saturated rings. The summed E-state index contributed by atoms with van der Waals surface area (Å²) in [6, 6.07) is 10.6. The second-order valence-corrected chi connectivity index (χ2v) is 11.5. The fourth-order valence-electron chi connectivity index (χ4n) is 5.00. The molecule has 1 aromatic heterocycles. The molecule has 12 heteroatoms. The number of sulfonamides is 1. The van der Waals surface area contributed by atoms with E-state index < -0.39 is 22.4 Å². The lowest BCUT2D eigenvalue weighted by Gasteiger charge is -2.42. The van der Waals surface area contributed by atoms with Gasteiger partial charge in [-0.3, -0.25) is 9.62 Å². The molecule has 1 saturated heterocycles. The van der Waals surface area contributed by atoms with Crippen LogP contribution in [0.15, 0.2) is 53.7 Å². The summed E-state index contributed by atoms with van der Waals surface area (Å²) in [6.07, 6.45) is 0.278. The number of halogens is 3. The van der Waals surface area contributed by atoms with E-state index in [2.05, 4.69) is 19.0 Å². The number of anilines is 1. The van der Waals surface area contributed by atoms with E-state index in [1.807, 2.05) is 0 Å². The van der Waals surface area contributed by atoms with Gasteiger partial charge < -0.3 is 4.74 Å². The molecule has 36 heavy (non-hydrogen) atoms. The lowest BCUT2D eigenvalue weighted by molar-refractivity contribution is 0.00691. The number of benzene rings is 2. The molecular weight excluding hydrogens is 513 g/mol. The Morgan fingerprint density at radius 3 is 2.69 bits per heavy atom. The molecule has 3 aromatic rings. The van der Waals surface area contributed by atoms with Gasteiger partial charge in [-0.05, 0) is 55.1 Å². The number of aromatic nitrogens is 2. The molecule has 2 aliphatic rings. The standard InChI is InChI=1S/C24H25F3N4O3S2/c25-18-3-1-15(2-4-18)21-11-16(23(26)27)7-9-31(21)13-17-8-10-34-22-12-19(5-6-20(17)22)36(32,33)30-24-28-14-29-35-24/h1-6,12,14,16-17,21,23H,7-11,13H2,(H,28,29,30)/t16-,17+,21+/m1/s1. The molecule has 5 rings (SSSR count). The van der Waals surface area contributed by atoms with Crippen LogP contribution >= 0.6 is 11.5 Å². The van der Waals surface area contributed by atoms with Gasteiger partial charge in [0.15, 0.2) is 0 Å². The number of hydrogen-bond donors (Lipinski definition) is 1. The highest BCUT2D eigenvalue weighted by Gasteiger charge is 2.36. The Balaban J connectivity index is 1.37. The Morgan fingerprint density at radius 2 is 1.97 bits per heavy atom. The first-order valence-electron chi connectivity index (χ1n) is 11.6. The second-order valence-electron chi connectivity index (χ2n) is 9.07. The highest BCUT2D eigenvalue weighted by Crippen LogP contribution is 2.41. The molecular formula is C24H25F3N4O3S2. The molecule has 0 radical (unpaired) electrons. The van der Waals surface area contributed by atoms with Crippen LogP contribution in [0.5, 0.6) is 5.75 Å². The van der Waals surface area contributed by atoms with Crippen molar-refractivity contribution in [3.8, 4) is 5.75 Å². The maximum absolute atomic E-state index is 13.6. The van der Waals surface area contributed by atoms with Crippen molar-refractivity contribution in [2.75, 3.05) is 24.4 Å². The van der Waals surface area contributed by atoms with Crippen LogP contribution in [-0.4, -0.2) is 48.8 Å². The van der Waals surface area contributed by atoms with Crippen LogP contribution in [-0.2, 0) is 10.0 Å². The molecule has 2 aromatic carbocycles. The first-order valence-corrected chi connectivity index (χ1v) is 13.9. The fourth-order valence-corrected chi connectivity index (χ4v) is 6.67. The summed E-state index contributed by atoms with van der Waals surface area (Å²) in [5.74, 6) is -0.539. The zero-order chi connectivity index (χ0) is 25.3. The third-order valence-electron chi connectivity index (χ3n) is 6.86. The molecule has 192 valence electrons. The van der Waals surface area contributed by atoms with Crippen LogP contribution in [0.4, 0.5) is 18.3 Å². The van der Waals surface area contributed by atoms with Crippen molar-refractivity contribution < 1.29 is 26.3 Å². The van der Waals surface area contributed by atoms with Gasteiger partial charge in [-0.1, -0.05) is 18.2 Å². The van der Waals surface area contributed by atoms with Gasteiger partial charge in [0.25, 0.3) is 10.0 Å². The number of nitrogens with zero attached hydrogens (tertiary/aromatic N) is 3. The molecule has 0 spiro atoms. The molecule has 7 nitrogen and oxygen atoms in total. The summed E-state index contributed by atoms with van der Waals surface area (Å²) in [6.45, 7) is 1.52. The van der Waals surface area contributed by atoms with E-state index in [9.17, 15) is 21.6 Å². The SMILES string of the molecule is O=S(=O)(Nc1ncns1)c1ccc2c(c1)OCC[C@H]2CN1CC[C@@H](C(F)F)C[C@H]1c1ccc(F)cc1. The van der Waals surface area contributed by atoms with Gasteiger partial charge in [-0.25, -0.2) is 26.6 Å². The first-order chi connectivity index (χ1) is 17.3. The fraction of sp³-hybridized carbons (Fsp3) is 0.417. The van der Waals surface area contributed by atoms with Gasteiger partial charge in [0, 0.05) is 42.0 Å². The van der Waals surface area contributed by atoms with Crippen LogP contribution in [0.1, 0.15) is 42.3 Å². The van der Waals surface area contributed by atoms with Crippen LogP contribution in [0.25, 0.3) is 0 Å². The number of hydrogen-bond acceptors (Lipinski definition) is 7. The average molecular weight is 539 g/mol. The average Bonchev–Trinajstić information content (AvgIpc) is 3.37. The van der Waals surface area contributed by atoms with Crippen molar-refractivity contribution in [2.24, 2.45) is 5.92 Å². The smallest absolute Gasteiger partial charge is 0.263 e. The summed E-state index contributed by atoms with van der Waals surface area (Å²) in [5, 5.41) is 0.172. The van der Waals surface area contributed by atoms with E-state index in [0.717, 1.165) is 22.7 Å².